The van der Waals surface area contributed by atoms with Gasteiger partial charge in [0.2, 0.25) is 0 Å². The van der Waals surface area contributed by atoms with Gasteiger partial charge in [-0.25, -0.2) is 0 Å². The predicted molar refractivity (Wildman–Crippen MR) is 129 cm³/mol. The quantitative estimate of drug-likeness (QED) is 0.360. The molecular formula is C28H26N2O. The molecule has 1 N–H and O–H groups in total. The number of nitrogens with one attached hydrogen (secondary N) is 1. The Morgan fingerprint density at radius 2 is 1.81 bits per heavy atom. The van der Waals surface area contributed by atoms with Gasteiger partial charge in [0.25, 0.3) is 0 Å². The fourth-order valence-corrected chi connectivity index (χ4v) is 4.65. The van der Waals surface area contributed by atoms with E-state index in [9.17, 15) is 0 Å². The monoisotopic (exact) mass is 406 g/mol. The second-order valence-electron chi connectivity index (χ2n) is 8.05. The molecule has 154 valence electrons. The minimum absolute atomic E-state index is 0.306. The van der Waals surface area contributed by atoms with Gasteiger partial charge in [-0.15, -0.1) is 0 Å². The number of benzene rings is 3. The summed E-state index contributed by atoms with van der Waals surface area (Å²) in [6, 6.07) is 25.5. The van der Waals surface area contributed by atoms with E-state index >= 15 is 0 Å². The van der Waals surface area contributed by atoms with Crippen molar-refractivity contribution < 1.29 is 4.74 Å². The van der Waals surface area contributed by atoms with E-state index < -0.39 is 0 Å². The lowest BCUT2D eigenvalue weighted by molar-refractivity contribution is 0.363. The maximum absolute atomic E-state index is 5.72. The maximum atomic E-state index is 5.72. The highest BCUT2D eigenvalue weighted by molar-refractivity contribution is 5.85. The summed E-state index contributed by atoms with van der Waals surface area (Å²) in [7, 11) is 0. The highest BCUT2D eigenvalue weighted by Crippen LogP contribution is 2.49. The Morgan fingerprint density at radius 1 is 1.00 bits per heavy atom. The molecule has 1 aliphatic heterocycles. The first kappa shape index (κ1) is 19.4. The van der Waals surface area contributed by atoms with Crippen molar-refractivity contribution in [3.05, 3.63) is 114 Å². The zero-order valence-corrected chi connectivity index (χ0v) is 17.4. The normalized spacial score (nSPS) is 21.4. The molecule has 3 atom stereocenters. The lowest BCUT2D eigenvalue weighted by Gasteiger charge is -2.37. The summed E-state index contributed by atoms with van der Waals surface area (Å²) < 4.78 is 5.72. The first-order valence-electron chi connectivity index (χ1n) is 10.8. The molecule has 0 bridgehead atoms. The first-order chi connectivity index (χ1) is 15.3. The Hall–Kier alpha value is -3.59. The molecule has 0 spiro atoms. The highest BCUT2D eigenvalue weighted by atomic mass is 16.5. The number of nitrogens with zero attached hydrogens (tertiary/aromatic N) is 1. The van der Waals surface area contributed by atoms with Crippen molar-refractivity contribution >= 4 is 17.6 Å². The van der Waals surface area contributed by atoms with Crippen molar-refractivity contribution in [2.75, 3.05) is 11.9 Å². The molecular weight excluding hydrogens is 380 g/mol. The van der Waals surface area contributed by atoms with Crippen LogP contribution in [0.15, 0.2) is 103 Å². The number of anilines is 1. The van der Waals surface area contributed by atoms with Crippen molar-refractivity contribution in [2.45, 2.75) is 18.4 Å². The molecule has 0 saturated heterocycles. The smallest absolute Gasteiger partial charge is 0.128 e. The fourth-order valence-electron chi connectivity index (χ4n) is 4.65. The summed E-state index contributed by atoms with van der Waals surface area (Å²) in [5.74, 6) is 1.86. The highest BCUT2D eigenvalue weighted by Gasteiger charge is 2.37. The molecule has 0 aromatic heterocycles. The second kappa shape index (κ2) is 8.65. The average Bonchev–Trinajstić information content (AvgIpc) is 3.32. The largest absolute Gasteiger partial charge is 0.489 e. The zero-order chi connectivity index (χ0) is 21.0. The Labute approximate surface area is 183 Å². The van der Waals surface area contributed by atoms with Gasteiger partial charge >= 0.3 is 0 Å². The average molecular weight is 407 g/mol. The van der Waals surface area contributed by atoms with E-state index in [1.165, 1.54) is 16.8 Å². The van der Waals surface area contributed by atoms with Crippen molar-refractivity contribution in [3.8, 4) is 5.75 Å². The van der Waals surface area contributed by atoms with Crippen LogP contribution in [0, 0.1) is 5.92 Å². The van der Waals surface area contributed by atoms with Crippen molar-refractivity contribution in [1.29, 1.82) is 0 Å². The van der Waals surface area contributed by atoms with Gasteiger partial charge in [-0.05, 0) is 53.8 Å². The van der Waals surface area contributed by atoms with Crippen LogP contribution in [-0.4, -0.2) is 12.8 Å². The van der Waals surface area contributed by atoms with E-state index in [1.807, 2.05) is 30.5 Å². The number of hydrogen-bond donors (Lipinski definition) is 1. The molecule has 0 amide bonds. The van der Waals surface area contributed by atoms with Crippen molar-refractivity contribution in [2.24, 2.45) is 10.9 Å². The lowest BCUT2D eigenvalue weighted by Crippen LogP contribution is -2.28. The molecule has 2 aliphatic rings. The van der Waals surface area contributed by atoms with Crippen LogP contribution in [0.4, 0.5) is 11.4 Å². The summed E-state index contributed by atoms with van der Waals surface area (Å²) >= 11 is 0. The van der Waals surface area contributed by atoms with Crippen LogP contribution in [0.1, 0.15) is 35.1 Å². The summed E-state index contributed by atoms with van der Waals surface area (Å²) in [5.41, 5.74) is 5.86. The summed E-state index contributed by atoms with van der Waals surface area (Å²) in [5, 5.41) is 3.79. The molecule has 3 nitrogen and oxygen atoms in total. The number of para-hydroxylation sites is 2. The van der Waals surface area contributed by atoms with E-state index in [0.29, 0.717) is 24.5 Å². The van der Waals surface area contributed by atoms with Gasteiger partial charge in [0.05, 0.1) is 11.7 Å². The number of fused-ring (bicyclic) bond motifs is 3. The number of ether oxygens (including phenoxy) is 1. The van der Waals surface area contributed by atoms with Crippen LogP contribution >= 0.6 is 0 Å². The summed E-state index contributed by atoms with van der Waals surface area (Å²) in [6.07, 6.45) is 9.42. The molecule has 0 saturated carbocycles. The molecule has 3 aromatic rings. The lowest BCUT2D eigenvalue weighted by atomic mass is 9.77. The Balaban J connectivity index is 1.35. The maximum Gasteiger partial charge on any atom is 0.128 e. The number of allylic oxidation sites excluding steroid dienone is 2. The number of aliphatic imine (C=N–C) groups is 1. The van der Waals surface area contributed by atoms with Crippen LogP contribution in [0.2, 0.25) is 0 Å². The van der Waals surface area contributed by atoms with E-state index in [1.54, 1.807) is 6.08 Å². The van der Waals surface area contributed by atoms with Crippen molar-refractivity contribution in [3.63, 3.8) is 0 Å². The van der Waals surface area contributed by atoms with Crippen LogP contribution in [-0.2, 0) is 0 Å². The summed E-state index contributed by atoms with van der Waals surface area (Å²) in [4.78, 5) is 4.67. The SMILES string of the molecule is C=CCOc1ccccc1C=Nc1ccc([C@@H]2Nc3ccccc3[C@H]3C=CC[C@H]32)cc1. The minimum atomic E-state index is 0.306. The number of rotatable bonds is 6. The summed E-state index contributed by atoms with van der Waals surface area (Å²) in [6.45, 7) is 4.19. The van der Waals surface area contributed by atoms with Crippen LogP contribution in [0.5, 0.6) is 5.75 Å². The molecule has 1 heterocycles. The molecule has 3 heteroatoms. The molecule has 3 aromatic carbocycles. The Bertz CT molecular complexity index is 1130. The van der Waals surface area contributed by atoms with E-state index in [-0.39, 0.29) is 0 Å². The third-order valence-corrected chi connectivity index (χ3v) is 6.15. The van der Waals surface area contributed by atoms with E-state index in [2.05, 4.69) is 77.6 Å². The van der Waals surface area contributed by atoms with Gasteiger partial charge in [0, 0.05) is 23.4 Å². The first-order valence-corrected chi connectivity index (χ1v) is 10.8. The van der Waals surface area contributed by atoms with Gasteiger partial charge in [-0.3, -0.25) is 4.99 Å². The van der Waals surface area contributed by atoms with Crippen molar-refractivity contribution in [1.82, 2.24) is 0 Å². The molecule has 0 unspecified atom stereocenters. The second-order valence-corrected chi connectivity index (χ2v) is 8.05. The standard InChI is InChI=1S/C28H26N2O/c1-2-18-31-27-13-6-3-8-21(27)19-29-22-16-14-20(15-17-22)28-25-11-7-10-23(25)24-9-4-5-12-26(24)30-28/h2-10,12-17,19,23,25,28,30H,1,11,18H2/t23-,25-,28+/m1/s1. The number of hydrogen-bond acceptors (Lipinski definition) is 3. The predicted octanol–water partition coefficient (Wildman–Crippen LogP) is 6.83. The van der Waals surface area contributed by atoms with Gasteiger partial charge < -0.3 is 10.1 Å². The van der Waals surface area contributed by atoms with Crippen LogP contribution in [0.25, 0.3) is 0 Å². The molecule has 0 fully saturated rings. The molecule has 5 rings (SSSR count). The zero-order valence-electron chi connectivity index (χ0n) is 17.4. The topological polar surface area (TPSA) is 33.6 Å². The van der Waals surface area contributed by atoms with Crippen LogP contribution in [0.3, 0.4) is 0 Å². The Morgan fingerprint density at radius 3 is 2.68 bits per heavy atom. The van der Waals surface area contributed by atoms with Gasteiger partial charge in [-0.1, -0.05) is 67.3 Å². The van der Waals surface area contributed by atoms with Gasteiger partial charge in [0.1, 0.15) is 12.4 Å². The molecule has 0 radical (unpaired) electrons. The van der Waals surface area contributed by atoms with E-state index in [0.717, 1.165) is 23.4 Å². The third kappa shape index (κ3) is 3.91. The molecule has 1 aliphatic carbocycles. The Kier molecular flexibility index (Phi) is 5.40. The van der Waals surface area contributed by atoms with Crippen LogP contribution < -0.4 is 10.1 Å². The fraction of sp³-hybridized carbons (Fsp3) is 0.179. The third-order valence-electron chi connectivity index (χ3n) is 6.15. The minimum Gasteiger partial charge on any atom is -0.489 e. The van der Waals surface area contributed by atoms with Gasteiger partial charge in [-0.2, -0.15) is 0 Å². The van der Waals surface area contributed by atoms with Gasteiger partial charge in [0.15, 0.2) is 0 Å². The van der Waals surface area contributed by atoms with E-state index in [4.69, 9.17) is 4.74 Å². The molecule has 31 heavy (non-hydrogen) atoms.